The summed E-state index contributed by atoms with van der Waals surface area (Å²) in [6.45, 7) is 6.28. The normalized spacial score (nSPS) is 33.8. The lowest BCUT2D eigenvalue weighted by atomic mass is 10.0. The number of piperidine rings is 2. The number of hydrogen-bond donors (Lipinski definition) is 0. The van der Waals surface area contributed by atoms with Gasteiger partial charge in [-0.2, -0.15) is 17.0 Å². The zero-order valence-corrected chi connectivity index (χ0v) is 11.7. The van der Waals surface area contributed by atoms with Crippen molar-refractivity contribution in [3.05, 3.63) is 0 Å². The van der Waals surface area contributed by atoms with Gasteiger partial charge in [-0.05, 0) is 38.5 Å². The zero-order valence-electron chi connectivity index (χ0n) is 10.9. The molecule has 17 heavy (non-hydrogen) atoms. The monoisotopic (exact) mass is 260 g/mol. The fraction of sp³-hybridized carbons (Fsp3) is 1.00. The summed E-state index contributed by atoms with van der Waals surface area (Å²) >= 11 is 0. The summed E-state index contributed by atoms with van der Waals surface area (Å²) in [6, 6.07) is 0.172. The Morgan fingerprint density at radius 1 is 1.00 bits per heavy atom. The van der Waals surface area contributed by atoms with Crippen LogP contribution in [-0.4, -0.2) is 42.7 Å². The second kappa shape index (κ2) is 5.24. The van der Waals surface area contributed by atoms with E-state index in [1.807, 2.05) is 6.92 Å². The molecule has 0 amide bonds. The summed E-state index contributed by atoms with van der Waals surface area (Å²) in [5.74, 6) is 0.499. The Morgan fingerprint density at radius 2 is 1.76 bits per heavy atom. The summed E-state index contributed by atoms with van der Waals surface area (Å²) in [4.78, 5) is 0. The van der Waals surface area contributed by atoms with E-state index in [4.69, 9.17) is 0 Å². The molecule has 2 atom stereocenters. The molecule has 2 aliphatic rings. The smallest absolute Gasteiger partial charge is 0.195 e. The molecule has 2 unspecified atom stereocenters. The second-order valence-corrected chi connectivity index (χ2v) is 7.45. The standard InChI is InChI=1S/C12H24N2O2S/c1-11-6-5-8-13(10-11)17(15,16)14-9-4-3-7-12(14)2/h11-12H,3-10H2,1-2H3. The molecule has 2 saturated heterocycles. The Bertz CT molecular complexity index is 356. The average molecular weight is 260 g/mol. The van der Waals surface area contributed by atoms with Crippen LogP contribution in [0, 0.1) is 5.92 Å². The highest BCUT2D eigenvalue weighted by molar-refractivity contribution is 7.86. The van der Waals surface area contributed by atoms with Crippen LogP contribution in [0.1, 0.15) is 46.0 Å². The summed E-state index contributed by atoms with van der Waals surface area (Å²) in [6.07, 6.45) is 5.32. The molecule has 2 heterocycles. The highest BCUT2D eigenvalue weighted by Crippen LogP contribution is 2.25. The van der Waals surface area contributed by atoms with Gasteiger partial charge in [0, 0.05) is 25.7 Å². The van der Waals surface area contributed by atoms with Crippen LogP contribution in [-0.2, 0) is 10.2 Å². The fourth-order valence-corrected chi connectivity index (χ4v) is 4.94. The molecule has 0 bridgehead atoms. The van der Waals surface area contributed by atoms with Crippen LogP contribution in [0.25, 0.3) is 0 Å². The van der Waals surface area contributed by atoms with Gasteiger partial charge in [0.05, 0.1) is 0 Å². The predicted molar refractivity (Wildman–Crippen MR) is 68.9 cm³/mol. The minimum atomic E-state index is -3.20. The Balaban J connectivity index is 2.11. The summed E-state index contributed by atoms with van der Waals surface area (Å²) in [5, 5.41) is 0. The highest BCUT2D eigenvalue weighted by atomic mass is 32.2. The average Bonchev–Trinajstić information content (AvgIpc) is 2.29. The van der Waals surface area contributed by atoms with E-state index in [2.05, 4.69) is 6.92 Å². The molecule has 5 heteroatoms. The molecule has 0 aliphatic carbocycles. The third-order valence-corrected chi connectivity index (χ3v) is 6.10. The first-order chi connectivity index (χ1) is 8.01. The lowest BCUT2D eigenvalue weighted by Crippen LogP contribution is -2.52. The first-order valence-corrected chi connectivity index (χ1v) is 8.18. The summed E-state index contributed by atoms with van der Waals surface area (Å²) < 4.78 is 28.5. The summed E-state index contributed by atoms with van der Waals surface area (Å²) in [5.41, 5.74) is 0. The third kappa shape index (κ3) is 2.83. The number of rotatable bonds is 2. The topological polar surface area (TPSA) is 40.6 Å². The van der Waals surface area contributed by atoms with Crippen molar-refractivity contribution in [1.82, 2.24) is 8.61 Å². The first-order valence-electron chi connectivity index (χ1n) is 6.78. The maximum Gasteiger partial charge on any atom is 0.282 e. The molecule has 0 spiro atoms. The SMILES string of the molecule is CC1CCCN(S(=O)(=O)N2CCCCC2C)C1. The fourth-order valence-electron chi connectivity index (χ4n) is 2.92. The largest absolute Gasteiger partial charge is 0.282 e. The van der Waals surface area contributed by atoms with E-state index in [1.165, 1.54) is 0 Å². The van der Waals surface area contributed by atoms with Gasteiger partial charge in [-0.25, -0.2) is 0 Å². The molecule has 0 N–H and O–H groups in total. The van der Waals surface area contributed by atoms with Crippen molar-refractivity contribution >= 4 is 10.2 Å². The molecule has 0 radical (unpaired) electrons. The van der Waals surface area contributed by atoms with Crippen molar-refractivity contribution < 1.29 is 8.42 Å². The van der Waals surface area contributed by atoms with Crippen LogP contribution in [0.5, 0.6) is 0 Å². The summed E-state index contributed by atoms with van der Waals surface area (Å²) in [7, 11) is -3.20. The van der Waals surface area contributed by atoms with Gasteiger partial charge in [0.1, 0.15) is 0 Å². The van der Waals surface area contributed by atoms with Crippen molar-refractivity contribution in [2.75, 3.05) is 19.6 Å². The minimum absolute atomic E-state index is 0.172. The van der Waals surface area contributed by atoms with E-state index >= 15 is 0 Å². The van der Waals surface area contributed by atoms with Gasteiger partial charge >= 0.3 is 0 Å². The number of hydrogen-bond acceptors (Lipinski definition) is 2. The van der Waals surface area contributed by atoms with Gasteiger partial charge in [0.15, 0.2) is 0 Å². The Kier molecular flexibility index (Phi) is 4.10. The van der Waals surface area contributed by atoms with Crippen molar-refractivity contribution in [2.24, 2.45) is 5.92 Å². The van der Waals surface area contributed by atoms with E-state index in [9.17, 15) is 8.42 Å². The molecule has 2 fully saturated rings. The molecule has 2 aliphatic heterocycles. The quantitative estimate of drug-likeness (QED) is 0.760. The van der Waals surface area contributed by atoms with E-state index in [-0.39, 0.29) is 6.04 Å². The molecule has 100 valence electrons. The van der Waals surface area contributed by atoms with Crippen molar-refractivity contribution in [2.45, 2.75) is 52.0 Å². The van der Waals surface area contributed by atoms with Gasteiger partial charge in [-0.15, -0.1) is 0 Å². The second-order valence-electron chi connectivity index (χ2n) is 5.57. The van der Waals surface area contributed by atoms with Crippen LogP contribution < -0.4 is 0 Å². The lowest BCUT2D eigenvalue weighted by molar-refractivity contribution is 0.219. The maximum atomic E-state index is 12.5. The number of nitrogens with zero attached hydrogens (tertiary/aromatic N) is 2. The van der Waals surface area contributed by atoms with E-state index in [0.29, 0.717) is 25.6 Å². The van der Waals surface area contributed by atoms with Crippen molar-refractivity contribution in [1.29, 1.82) is 0 Å². The molecule has 0 saturated carbocycles. The van der Waals surface area contributed by atoms with Gasteiger partial charge in [0.25, 0.3) is 10.2 Å². The third-order valence-electron chi connectivity index (χ3n) is 3.98. The molecule has 0 aromatic rings. The van der Waals surface area contributed by atoms with Gasteiger partial charge < -0.3 is 0 Å². The van der Waals surface area contributed by atoms with Crippen LogP contribution in [0.15, 0.2) is 0 Å². The highest BCUT2D eigenvalue weighted by Gasteiger charge is 2.36. The van der Waals surface area contributed by atoms with Crippen molar-refractivity contribution in [3.8, 4) is 0 Å². The van der Waals surface area contributed by atoms with E-state index < -0.39 is 10.2 Å². The Hall–Kier alpha value is -0.130. The lowest BCUT2D eigenvalue weighted by Gasteiger charge is -2.38. The maximum absolute atomic E-state index is 12.5. The first kappa shape index (κ1) is 13.3. The van der Waals surface area contributed by atoms with Gasteiger partial charge in [-0.1, -0.05) is 13.3 Å². The molecule has 2 rings (SSSR count). The van der Waals surface area contributed by atoms with Crippen LogP contribution in [0.4, 0.5) is 0 Å². The molecule has 0 aromatic carbocycles. The zero-order chi connectivity index (χ0) is 12.5. The van der Waals surface area contributed by atoms with Crippen LogP contribution >= 0.6 is 0 Å². The predicted octanol–water partition coefficient (Wildman–Crippen LogP) is 1.84. The minimum Gasteiger partial charge on any atom is -0.195 e. The Morgan fingerprint density at radius 3 is 2.41 bits per heavy atom. The molecular formula is C12H24N2O2S. The molecule has 0 aromatic heterocycles. The van der Waals surface area contributed by atoms with Crippen LogP contribution in [0.3, 0.4) is 0 Å². The molecular weight excluding hydrogens is 236 g/mol. The molecule has 4 nitrogen and oxygen atoms in total. The Labute approximate surface area is 105 Å². The van der Waals surface area contributed by atoms with Crippen LogP contribution in [0.2, 0.25) is 0 Å². The van der Waals surface area contributed by atoms with E-state index in [0.717, 1.165) is 32.1 Å². The van der Waals surface area contributed by atoms with Crippen molar-refractivity contribution in [3.63, 3.8) is 0 Å². The van der Waals surface area contributed by atoms with Gasteiger partial charge in [0.2, 0.25) is 0 Å². The van der Waals surface area contributed by atoms with Gasteiger partial charge in [-0.3, -0.25) is 0 Å². The van der Waals surface area contributed by atoms with E-state index in [1.54, 1.807) is 8.61 Å².